The minimum absolute atomic E-state index is 0.316. The Balaban J connectivity index is 2.63. The standard InChI is InChI=1S/C16H15F3/c1-11-2-4-13(5-3-11)16-14(9-18)6-12(8-17)7-15(16)10-19/h2-7H,8-10H2,1H3. The van der Waals surface area contributed by atoms with E-state index in [-0.39, 0.29) is 0 Å². The highest BCUT2D eigenvalue weighted by Gasteiger charge is 2.13. The molecule has 0 amide bonds. The van der Waals surface area contributed by atoms with E-state index < -0.39 is 20.0 Å². The number of aryl methyl sites for hydroxylation is 1. The van der Waals surface area contributed by atoms with Crippen LogP contribution >= 0.6 is 0 Å². The van der Waals surface area contributed by atoms with E-state index in [1.807, 2.05) is 31.2 Å². The van der Waals surface area contributed by atoms with E-state index in [1.165, 1.54) is 12.1 Å². The van der Waals surface area contributed by atoms with Crippen LogP contribution in [-0.4, -0.2) is 0 Å². The second-order valence-corrected chi connectivity index (χ2v) is 4.56. The van der Waals surface area contributed by atoms with Crippen molar-refractivity contribution < 1.29 is 13.2 Å². The Morgan fingerprint density at radius 1 is 0.789 bits per heavy atom. The maximum absolute atomic E-state index is 13.1. The van der Waals surface area contributed by atoms with Gasteiger partial charge in [-0.3, -0.25) is 0 Å². The summed E-state index contributed by atoms with van der Waals surface area (Å²) in [4.78, 5) is 0. The van der Waals surface area contributed by atoms with Gasteiger partial charge in [-0.2, -0.15) is 0 Å². The van der Waals surface area contributed by atoms with Crippen LogP contribution in [0.4, 0.5) is 13.2 Å². The van der Waals surface area contributed by atoms with E-state index in [9.17, 15) is 13.2 Å². The number of halogens is 3. The fourth-order valence-corrected chi connectivity index (χ4v) is 2.22. The molecule has 0 heterocycles. The van der Waals surface area contributed by atoms with Gasteiger partial charge < -0.3 is 0 Å². The monoisotopic (exact) mass is 264 g/mol. The highest BCUT2D eigenvalue weighted by Crippen LogP contribution is 2.31. The Morgan fingerprint density at radius 3 is 1.74 bits per heavy atom. The highest BCUT2D eigenvalue weighted by molar-refractivity contribution is 5.72. The summed E-state index contributed by atoms with van der Waals surface area (Å²) in [5.41, 5.74) is 3.38. The zero-order chi connectivity index (χ0) is 13.8. The van der Waals surface area contributed by atoms with E-state index in [1.54, 1.807) is 0 Å². The second-order valence-electron chi connectivity index (χ2n) is 4.56. The van der Waals surface area contributed by atoms with Crippen LogP contribution in [0.3, 0.4) is 0 Å². The molecule has 3 heteroatoms. The molecule has 2 aromatic carbocycles. The van der Waals surface area contributed by atoms with Crippen molar-refractivity contribution in [2.75, 3.05) is 0 Å². The average molecular weight is 264 g/mol. The first-order valence-electron chi connectivity index (χ1n) is 6.09. The second kappa shape index (κ2) is 5.91. The van der Waals surface area contributed by atoms with E-state index in [0.29, 0.717) is 22.3 Å². The summed E-state index contributed by atoms with van der Waals surface area (Å²) in [6.45, 7) is -0.232. The molecule has 19 heavy (non-hydrogen) atoms. The Labute approximate surface area is 110 Å². The van der Waals surface area contributed by atoms with Gasteiger partial charge in [-0.25, -0.2) is 13.2 Å². The highest BCUT2D eigenvalue weighted by atomic mass is 19.1. The molecule has 0 radical (unpaired) electrons. The first-order valence-corrected chi connectivity index (χ1v) is 6.09. The lowest BCUT2D eigenvalue weighted by atomic mass is 9.93. The molecule has 0 saturated heterocycles. The maximum Gasteiger partial charge on any atom is 0.115 e. The fraction of sp³-hybridized carbons (Fsp3) is 0.250. The van der Waals surface area contributed by atoms with Crippen molar-refractivity contribution in [1.29, 1.82) is 0 Å². The van der Waals surface area contributed by atoms with Crippen LogP contribution in [0.1, 0.15) is 22.3 Å². The van der Waals surface area contributed by atoms with Crippen LogP contribution in [-0.2, 0) is 20.0 Å². The molecule has 0 nitrogen and oxygen atoms in total. The predicted octanol–water partition coefficient (Wildman–Crippen LogP) is 5.07. The van der Waals surface area contributed by atoms with Crippen LogP contribution in [0.25, 0.3) is 11.1 Å². The summed E-state index contributed by atoms with van der Waals surface area (Å²) >= 11 is 0. The van der Waals surface area contributed by atoms with Gasteiger partial charge in [-0.1, -0.05) is 29.8 Å². The molecule has 0 atom stereocenters. The topological polar surface area (TPSA) is 0 Å². The third kappa shape index (κ3) is 2.80. The predicted molar refractivity (Wildman–Crippen MR) is 71.1 cm³/mol. The van der Waals surface area contributed by atoms with Gasteiger partial charge in [0.05, 0.1) is 0 Å². The normalized spacial score (nSPS) is 10.7. The molecule has 0 saturated carbocycles. The van der Waals surface area contributed by atoms with Crippen molar-refractivity contribution in [2.24, 2.45) is 0 Å². The first kappa shape index (κ1) is 13.7. The molecule has 2 rings (SSSR count). The van der Waals surface area contributed by atoms with Gasteiger partial charge in [0.15, 0.2) is 0 Å². The van der Waals surface area contributed by atoms with Crippen LogP contribution in [0, 0.1) is 6.92 Å². The number of hydrogen-bond acceptors (Lipinski definition) is 0. The van der Waals surface area contributed by atoms with E-state index in [2.05, 4.69) is 0 Å². The van der Waals surface area contributed by atoms with Crippen LogP contribution in [0.5, 0.6) is 0 Å². The first-order chi connectivity index (χ1) is 9.19. The van der Waals surface area contributed by atoms with Crippen molar-refractivity contribution >= 4 is 0 Å². The van der Waals surface area contributed by atoms with Crippen molar-refractivity contribution in [3.8, 4) is 11.1 Å². The van der Waals surface area contributed by atoms with Crippen LogP contribution in [0.2, 0.25) is 0 Å². The van der Waals surface area contributed by atoms with Gasteiger partial charge in [0.25, 0.3) is 0 Å². The van der Waals surface area contributed by atoms with Gasteiger partial charge in [0.1, 0.15) is 20.0 Å². The summed E-state index contributed by atoms with van der Waals surface area (Å²) in [6.07, 6.45) is 0. The summed E-state index contributed by atoms with van der Waals surface area (Å²) in [5.74, 6) is 0. The van der Waals surface area contributed by atoms with Gasteiger partial charge in [0.2, 0.25) is 0 Å². The van der Waals surface area contributed by atoms with Gasteiger partial charge >= 0.3 is 0 Å². The minimum Gasteiger partial charge on any atom is -0.246 e. The molecule has 0 unspecified atom stereocenters. The van der Waals surface area contributed by atoms with Gasteiger partial charge in [-0.15, -0.1) is 0 Å². The molecule has 0 bridgehead atoms. The SMILES string of the molecule is Cc1ccc(-c2c(CF)cc(CF)cc2CF)cc1. The molecule has 0 aliphatic carbocycles. The lowest BCUT2D eigenvalue weighted by Crippen LogP contribution is -1.96. The zero-order valence-electron chi connectivity index (χ0n) is 10.7. The zero-order valence-corrected chi connectivity index (χ0v) is 10.7. The molecular weight excluding hydrogens is 249 g/mol. The molecule has 0 aliphatic rings. The third-order valence-electron chi connectivity index (χ3n) is 3.14. The van der Waals surface area contributed by atoms with Crippen LogP contribution in [0.15, 0.2) is 36.4 Å². The minimum atomic E-state index is -0.732. The number of alkyl halides is 3. The largest absolute Gasteiger partial charge is 0.246 e. The lowest BCUT2D eigenvalue weighted by molar-refractivity contribution is 0.466. The Hall–Kier alpha value is -1.77. The number of rotatable bonds is 4. The maximum atomic E-state index is 13.1. The average Bonchev–Trinajstić information content (AvgIpc) is 2.46. The number of hydrogen-bond donors (Lipinski definition) is 0. The molecule has 0 fully saturated rings. The quantitative estimate of drug-likeness (QED) is 0.723. The Morgan fingerprint density at radius 2 is 1.32 bits per heavy atom. The van der Waals surface area contributed by atoms with Crippen molar-refractivity contribution in [1.82, 2.24) is 0 Å². The Bertz CT molecular complexity index is 534. The molecule has 0 N–H and O–H groups in total. The molecule has 0 aliphatic heterocycles. The van der Waals surface area contributed by atoms with E-state index in [4.69, 9.17) is 0 Å². The van der Waals surface area contributed by atoms with Crippen LogP contribution < -0.4 is 0 Å². The smallest absolute Gasteiger partial charge is 0.115 e. The number of benzene rings is 2. The van der Waals surface area contributed by atoms with E-state index in [0.717, 1.165) is 11.1 Å². The van der Waals surface area contributed by atoms with Gasteiger partial charge in [-0.05, 0) is 46.9 Å². The fourth-order valence-electron chi connectivity index (χ4n) is 2.22. The van der Waals surface area contributed by atoms with E-state index >= 15 is 0 Å². The van der Waals surface area contributed by atoms with Crippen molar-refractivity contribution in [3.63, 3.8) is 0 Å². The Kier molecular flexibility index (Phi) is 4.25. The summed E-state index contributed by atoms with van der Waals surface area (Å²) < 4.78 is 39.0. The molecule has 2 aromatic rings. The third-order valence-corrected chi connectivity index (χ3v) is 3.14. The molecular formula is C16H15F3. The molecule has 0 aromatic heterocycles. The summed E-state index contributed by atoms with van der Waals surface area (Å²) in [6, 6.07) is 10.4. The van der Waals surface area contributed by atoms with Crippen molar-refractivity contribution in [2.45, 2.75) is 26.9 Å². The summed E-state index contributed by atoms with van der Waals surface area (Å²) in [7, 11) is 0. The van der Waals surface area contributed by atoms with Crippen molar-refractivity contribution in [3.05, 3.63) is 58.7 Å². The molecule has 100 valence electrons. The lowest BCUT2D eigenvalue weighted by Gasteiger charge is -2.13. The summed E-state index contributed by atoms with van der Waals surface area (Å²) in [5, 5.41) is 0. The molecule has 0 spiro atoms. The van der Waals surface area contributed by atoms with Gasteiger partial charge in [0, 0.05) is 0 Å².